The summed E-state index contributed by atoms with van der Waals surface area (Å²) in [6.45, 7) is 0.983. The van der Waals surface area contributed by atoms with Crippen molar-refractivity contribution in [2.45, 2.75) is 38.0 Å². The van der Waals surface area contributed by atoms with Gasteiger partial charge in [-0.1, -0.05) is 6.07 Å². The molecule has 0 spiro atoms. The maximum atomic E-state index is 12.8. The fourth-order valence-corrected chi connectivity index (χ4v) is 5.04. The molecule has 0 unspecified atom stereocenters. The van der Waals surface area contributed by atoms with Crippen LogP contribution in [0.25, 0.3) is 0 Å². The number of carbonyl (C=O) groups is 1. The van der Waals surface area contributed by atoms with Crippen LogP contribution in [0.4, 0.5) is 0 Å². The van der Waals surface area contributed by atoms with Crippen LogP contribution in [-0.2, 0) is 25.9 Å². The van der Waals surface area contributed by atoms with Gasteiger partial charge in [0.2, 0.25) is 5.91 Å². The van der Waals surface area contributed by atoms with Crippen molar-refractivity contribution < 1.29 is 17.9 Å². The Morgan fingerprint density at radius 3 is 2.79 bits per heavy atom. The van der Waals surface area contributed by atoms with Gasteiger partial charge in [-0.3, -0.25) is 9.59 Å². The molecule has 24 heavy (non-hydrogen) atoms. The molecule has 0 radical (unpaired) electrons. The zero-order chi connectivity index (χ0) is 17.2. The number of rotatable bonds is 5. The van der Waals surface area contributed by atoms with Crippen LogP contribution in [0.2, 0.25) is 0 Å². The van der Waals surface area contributed by atoms with E-state index in [1.54, 1.807) is 23.2 Å². The second-order valence-electron chi connectivity index (χ2n) is 6.40. The van der Waals surface area contributed by atoms with Crippen LogP contribution >= 0.6 is 0 Å². The lowest BCUT2D eigenvalue weighted by Gasteiger charge is -2.30. The third kappa shape index (κ3) is 4.05. The van der Waals surface area contributed by atoms with E-state index in [2.05, 4.69) is 0 Å². The molecule has 0 N–H and O–H groups in total. The molecule has 1 aromatic rings. The Morgan fingerprint density at radius 1 is 1.33 bits per heavy atom. The van der Waals surface area contributed by atoms with Crippen molar-refractivity contribution in [3.05, 3.63) is 34.7 Å². The first-order chi connectivity index (χ1) is 11.4. The van der Waals surface area contributed by atoms with Crippen LogP contribution in [0.3, 0.4) is 0 Å². The molecule has 2 fully saturated rings. The van der Waals surface area contributed by atoms with E-state index in [4.69, 9.17) is 4.74 Å². The average molecular weight is 354 g/mol. The standard InChI is InChI=1S/C16H22N2O5S/c19-15-5-1-2-7-17(15)11-16(20)18(10-14-4-3-8-23-14)13-6-9-24(21,22)12-13/h1-2,5,7,13-14H,3-4,6,8-12H2/t13-,14+/m1/s1. The third-order valence-electron chi connectivity index (χ3n) is 4.60. The number of ether oxygens (including phenoxy) is 1. The van der Waals surface area contributed by atoms with Gasteiger partial charge in [0, 0.05) is 31.5 Å². The Balaban J connectivity index is 1.76. The first-order valence-corrected chi connectivity index (χ1v) is 10.0. The predicted molar refractivity (Wildman–Crippen MR) is 88.4 cm³/mol. The second-order valence-corrected chi connectivity index (χ2v) is 8.63. The summed E-state index contributed by atoms with van der Waals surface area (Å²) in [4.78, 5) is 26.2. The monoisotopic (exact) mass is 354 g/mol. The zero-order valence-electron chi connectivity index (χ0n) is 13.5. The Kier molecular flexibility index (Phi) is 5.05. The van der Waals surface area contributed by atoms with E-state index in [0.717, 1.165) is 12.8 Å². The molecule has 132 valence electrons. The summed E-state index contributed by atoms with van der Waals surface area (Å²) in [7, 11) is -3.09. The molecule has 2 atom stereocenters. The lowest BCUT2D eigenvalue weighted by atomic mass is 10.1. The molecule has 2 saturated heterocycles. The number of nitrogens with zero attached hydrogens (tertiary/aromatic N) is 2. The summed E-state index contributed by atoms with van der Waals surface area (Å²) < 4.78 is 30.5. The minimum absolute atomic E-state index is 0.00481. The summed E-state index contributed by atoms with van der Waals surface area (Å²) in [6.07, 6.45) is 3.78. The van der Waals surface area contributed by atoms with Gasteiger partial charge in [0.25, 0.3) is 5.56 Å². The number of carbonyl (C=O) groups excluding carboxylic acids is 1. The molecule has 0 bridgehead atoms. The van der Waals surface area contributed by atoms with E-state index in [9.17, 15) is 18.0 Å². The third-order valence-corrected chi connectivity index (χ3v) is 6.35. The average Bonchev–Trinajstić information content (AvgIpc) is 3.16. The van der Waals surface area contributed by atoms with E-state index < -0.39 is 9.84 Å². The highest BCUT2D eigenvalue weighted by atomic mass is 32.2. The molecule has 1 aromatic heterocycles. The van der Waals surface area contributed by atoms with Crippen molar-refractivity contribution in [1.82, 2.24) is 9.47 Å². The van der Waals surface area contributed by atoms with Crippen LogP contribution in [0, 0.1) is 0 Å². The first-order valence-electron chi connectivity index (χ1n) is 8.21. The van der Waals surface area contributed by atoms with Gasteiger partial charge in [-0.15, -0.1) is 0 Å². The number of hydrogen-bond donors (Lipinski definition) is 0. The Labute approximate surface area is 141 Å². The Bertz CT molecular complexity index is 752. The normalized spacial score (nSPS) is 25.7. The molecule has 7 nitrogen and oxygen atoms in total. The minimum Gasteiger partial charge on any atom is -0.376 e. The summed E-state index contributed by atoms with van der Waals surface area (Å²) in [5.74, 6) is -0.131. The highest BCUT2D eigenvalue weighted by Crippen LogP contribution is 2.21. The van der Waals surface area contributed by atoms with Crippen molar-refractivity contribution >= 4 is 15.7 Å². The van der Waals surface area contributed by atoms with Gasteiger partial charge in [0.05, 0.1) is 17.6 Å². The predicted octanol–water partition coefficient (Wildman–Crippen LogP) is 0.0430. The Hall–Kier alpha value is -1.67. The number of sulfone groups is 1. The molecule has 2 aliphatic heterocycles. The summed E-state index contributed by atoms with van der Waals surface area (Å²) >= 11 is 0. The smallest absolute Gasteiger partial charge is 0.250 e. The lowest BCUT2D eigenvalue weighted by Crippen LogP contribution is -2.47. The van der Waals surface area contributed by atoms with Gasteiger partial charge in [-0.25, -0.2) is 8.42 Å². The summed E-state index contributed by atoms with van der Waals surface area (Å²) in [5, 5.41) is 0. The van der Waals surface area contributed by atoms with Crippen molar-refractivity contribution in [2.24, 2.45) is 0 Å². The molecular formula is C16H22N2O5S. The molecule has 3 rings (SSSR count). The van der Waals surface area contributed by atoms with Gasteiger partial charge in [0.15, 0.2) is 9.84 Å². The largest absolute Gasteiger partial charge is 0.376 e. The molecule has 0 saturated carbocycles. The minimum atomic E-state index is -3.09. The molecule has 0 aromatic carbocycles. The number of hydrogen-bond acceptors (Lipinski definition) is 5. The van der Waals surface area contributed by atoms with Crippen molar-refractivity contribution in [3.63, 3.8) is 0 Å². The van der Waals surface area contributed by atoms with Gasteiger partial charge >= 0.3 is 0 Å². The maximum absolute atomic E-state index is 12.8. The fourth-order valence-electron chi connectivity index (χ4n) is 3.31. The van der Waals surface area contributed by atoms with Gasteiger partial charge < -0.3 is 14.2 Å². The lowest BCUT2D eigenvalue weighted by molar-refractivity contribution is -0.135. The molecule has 8 heteroatoms. The van der Waals surface area contributed by atoms with E-state index >= 15 is 0 Å². The first kappa shape index (κ1) is 17.2. The van der Waals surface area contributed by atoms with E-state index in [0.29, 0.717) is 19.6 Å². The van der Waals surface area contributed by atoms with Crippen molar-refractivity contribution in [3.8, 4) is 0 Å². The van der Waals surface area contributed by atoms with Gasteiger partial charge in [-0.05, 0) is 25.3 Å². The highest BCUT2D eigenvalue weighted by Gasteiger charge is 2.36. The number of pyridine rings is 1. The van der Waals surface area contributed by atoms with Crippen LogP contribution in [0.1, 0.15) is 19.3 Å². The molecule has 0 aliphatic carbocycles. The van der Waals surface area contributed by atoms with Crippen LogP contribution < -0.4 is 5.56 Å². The molecule has 1 amide bonds. The topological polar surface area (TPSA) is 85.7 Å². The zero-order valence-corrected chi connectivity index (χ0v) is 14.3. The van der Waals surface area contributed by atoms with Crippen molar-refractivity contribution in [1.29, 1.82) is 0 Å². The van der Waals surface area contributed by atoms with Gasteiger partial charge in [-0.2, -0.15) is 0 Å². The quantitative estimate of drug-likeness (QED) is 0.745. The van der Waals surface area contributed by atoms with Crippen molar-refractivity contribution in [2.75, 3.05) is 24.7 Å². The second kappa shape index (κ2) is 7.06. The molecule has 2 aliphatic rings. The highest BCUT2D eigenvalue weighted by molar-refractivity contribution is 7.91. The molecular weight excluding hydrogens is 332 g/mol. The number of aromatic nitrogens is 1. The Morgan fingerprint density at radius 2 is 2.17 bits per heavy atom. The molecule has 3 heterocycles. The van der Waals surface area contributed by atoms with Crippen LogP contribution in [-0.4, -0.2) is 60.6 Å². The number of amides is 1. The summed E-state index contributed by atoms with van der Waals surface area (Å²) in [6, 6.07) is 4.39. The summed E-state index contributed by atoms with van der Waals surface area (Å²) in [5.41, 5.74) is -0.248. The van der Waals surface area contributed by atoms with E-state index in [1.165, 1.54) is 10.6 Å². The van der Waals surface area contributed by atoms with E-state index in [1.807, 2.05) is 0 Å². The van der Waals surface area contributed by atoms with Gasteiger partial charge in [0.1, 0.15) is 6.54 Å². The van der Waals surface area contributed by atoms with E-state index in [-0.39, 0.29) is 41.7 Å². The maximum Gasteiger partial charge on any atom is 0.250 e. The van der Waals surface area contributed by atoms with Crippen LogP contribution in [0.15, 0.2) is 29.2 Å². The van der Waals surface area contributed by atoms with Crippen LogP contribution in [0.5, 0.6) is 0 Å². The fraction of sp³-hybridized carbons (Fsp3) is 0.625. The SMILES string of the molecule is O=C(Cn1ccccc1=O)N(C[C@@H]1CCCO1)[C@@H]1CCS(=O)(=O)C1.